The molecule has 1 rings (SSSR count). The molecule has 0 spiro atoms. The zero-order valence-electron chi connectivity index (χ0n) is 11.9. The van der Waals surface area contributed by atoms with Crippen molar-refractivity contribution in [3.05, 3.63) is 12.3 Å². The van der Waals surface area contributed by atoms with Crippen molar-refractivity contribution in [3.8, 4) is 5.88 Å². The number of carbonyl (C=O) groups excluding carboxylic acids is 1. The Morgan fingerprint density at radius 3 is 2.89 bits per heavy atom. The molecule has 1 aromatic rings. The number of anilines is 1. The van der Waals surface area contributed by atoms with Crippen LogP contribution in [-0.2, 0) is 9.53 Å². The summed E-state index contributed by atoms with van der Waals surface area (Å²) in [5, 5.41) is 0. The summed E-state index contributed by atoms with van der Waals surface area (Å²) in [6.07, 6.45) is 2.57. The molecular weight excluding hydrogens is 246 g/mol. The Balaban J connectivity index is 2.65. The van der Waals surface area contributed by atoms with Crippen LogP contribution in [0, 0.1) is 5.92 Å². The van der Waals surface area contributed by atoms with E-state index in [4.69, 9.17) is 9.47 Å². The van der Waals surface area contributed by atoms with Gasteiger partial charge in [0.25, 0.3) is 0 Å². The van der Waals surface area contributed by atoms with Gasteiger partial charge in [-0.05, 0) is 6.42 Å². The van der Waals surface area contributed by atoms with Crippen LogP contribution in [0.2, 0.25) is 0 Å². The van der Waals surface area contributed by atoms with Gasteiger partial charge in [0.05, 0.1) is 19.6 Å². The van der Waals surface area contributed by atoms with Gasteiger partial charge in [0.2, 0.25) is 11.8 Å². The molecule has 6 nitrogen and oxygen atoms in total. The largest absolute Gasteiger partial charge is 0.478 e. The maximum Gasteiger partial charge on any atom is 0.310 e. The van der Waals surface area contributed by atoms with E-state index in [2.05, 4.69) is 9.97 Å². The normalized spacial score (nSPS) is 11.8. The molecule has 0 radical (unpaired) electrons. The number of carbonyl (C=O) groups is 1. The zero-order valence-corrected chi connectivity index (χ0v) is 11.9. The van der Waals surface area contributed by atoms with Gasteiger partial charge in [-0.1, -0.05) is 13.8 Å². The third kappa shape index (κ3) is 4.73. The van der Waals surface area contributed by atoms with E-state index >= 15 is 0 Å². The Bertz CT molecular complexity index is 412. The maximum absolute atomic E-state index is 11.4. The molecule has 0 amide bonds. The van der Waals surface area contributed by atoms with Gasteiger partial charge in [0, 0.05) is 25.9 Å². The summed E-state index contributed by atoms with van der Waals surface area (Å²) in [7, 11) is 3.22. The lowest BCUT2D eigenvalue weighted by atomic mass is 10.2. The third-order valence-electron chi connectivity index (χ3n) is 2.56. The number of hydrogen-bond donors (Lipinski definition) is 0. The summed E-state index contributed by atoms with van der Waals surface area (Å²) in [4.78, 5) is 21.6. The summed E-state index contributed by atoms with van der Waals surface area (Å²) in [5.74, 6) is 0.595. The first-order valence-corrected chi connectivity index (χ1v) is 6.33. The van der Waals surface area contributed by atoms with Crippen LogP contribution in [0.5, 0.6) is 5.88 Å². The number of methoxy groups -OCH3 is 1. The van der Waals surface area contributed by atoms with Crippen molar-refractivity contribution in [2.75, 3.05) is 32.2 Å². The van der Waals surface area contributed by atoms with Crippen molar-refractivity contribution in [3.63, 3.8) is 0 Å². The minimum Gasteiger partial charge on any atom is -0.478 e. The molecule has 0 aliphatic heterocycles. The van der Waals surface area contributed by atoms with Crippen LogP contribution in [0.15, 0.2) is 12.3 Å². The summed E-state index contributed by atoms with van der Waals surface area (Å²) in [6, 6.07) is 1.72. The van der Waals surface area contributed by atoms with E-state index < -0.39 is 0 Å². The molecule has 0 saturated heterocycles. The maximum atomic E-state index is 11.4. The molecule has 1 aromatic heterocycles. The molecule has 0 N–H and O–H groups in total. The predicted molar refractivity (Wildman–Crippen MR) is 72.3 cm³/mol. The van der Waals surface area contributed by atoms with E-state index in [9.17, 15) is 4.79 Å². The quantitative estimate of drug-likeness (QED) is 0.698. The van der Waals surface area contributed by atoms with Crippen LogP contribution >= 0.6 is 0 Å². The summed E-state index contributed by atoms with van der Waals surface area (Å²) in [5.41, 5.74) is 0. The van der Waals surface area contributed by atoms with Crippen LogP contribution in [0.4, 0.5) is 5.95 Å². The summed E-state index contributed by atoms with van der Waals surface area (Å²) < 4.78 is 10.1. The molecule has 1 unspecified atom stereocenters. The van der Waals surface area contributed by atoms with Crippen LogP contribution in [0.25, 0.3) is 0 Å². The molecule has 1 heterocycles. The lowest BCUT2D eigenvalue weighted by Gasteiger charge is -2.20. The van der Waals surface area contributed by atoms with Gasteiger partial charge < -0.3 is 14.4 Å². The van der Waals surface area contributed by atoms with Gasteiger partial charge in [0.15, 0.2) is 0 Å². The Morgan fingerprint density at radius 1 is 1.53 bits per heavy atom. The van der Waals surface area contributed by atoms with Crippen LogP contribution in [-0.4, -0.2) is 43.2 Å². The van der Waals surface area contributed by atoms with Gasteiger partial charge in [-0.3, -0.25) is 4.79 Å². The van der Waals surface area contributed by atoms with Crippen molar-refractivity contribution >= 4 is 11.9 Å². The fraction of sp³-hybridized carbons (Fsp3) is 0.615. The fourth-order valence-corrected chi connectivity index (χ4v) is 1.57. The monoisotopic (exact) mass is 267 g/mol. The van der Waals surface area contributed by atoms with Gasteiger partial charge in [-0.25, -0.2) is 4.98 Å². The highest BCUT2D eigenvalue weighted by molar-refractivity contribution is 5.72. The summed E-state index contributed by atoms with van der Waals surface area (Å²) in [6.45, 7) is 4.95. The molecule has 6 heteroatoms. The lowest BCUT2D eigenvalue weighted by molar-refractivity contribution is -0.144. The molecule has 0 bridgehead atoms. The van der Waals surface area contributed by atoms with E-state index in [1.807, 2.05) is 14.0 Å². The minimum absolute atomic E-state index is 0.237. The Morgan fingerprint density at radius 2 is 2.26 bits per heavy atom. The van der Waals surface area contributed by atoms with Gasteiger partial charge in [-0.2, -0.15) is 4.98 Å². The van der Waals surface area contributed by atoms with Crippen LogP contribution in [0.3, 0.4) is 0 Å². The van der Waals surface area contributed by atoms with Crippen molar-refractivity contribution in [2.24, 2.45) is 5.92 Å². The first kappa shape index (κ1) is 15.2. The van der Waals surface area contributed by atoms with E-state index in [1.165, 1.54) is 7.11 Å². The molecule has 0 aromatic carbocycles. The standard InChI is InChI=1S/C13H21N3O3/c1-5-8-19-11-6-7-14-13(15-11)16(3)9-10(2)12(17)18-4/h6-7,10H,5,8-9H2,1-4H3. The number of esters is 1. The highest BCUT2D eigenvalue weighted by atomic mass is 16.5. The van der Waals surface area contributed by atoms with Gasteiger partial charge in [-0.15, -0.1) is 0 Å². The number of ether oxygens (including phenoxy) is 2. The SMILES string of the molecule is CCCOc1ccnc(N(C)CC(C)C(=O)OC)n1. The Hall–Kier alpha value is -1.85. The van der Waals surface area contributed by atoms with E-state index in [0.29, 0.717) is 25.0 Å². The number of aromatic nitrogens is 2. The first-order valence-electron chi connectivity index (χ1n) is 6.33. The summed E-state index contributed by atoms with van der Waals surface area (Å²) >= 11 is 0. The van der Waals surface area contributed by atoms with E-state index in [0.717, 1.165) is 6.42 Å². The molecule has 0 fully saturated rings. The zero-order chi connectivity index (χ0) is 14.3. The second-order valence-corrected chi connectivity index (χ2v) is 4.35. The molecule has 106 valence electrons. The Kier molecular flexibility index (Phi) is 6.05. The smallest absolute Gasteiger partial charge is 0.310 e. The molecule has 0 aliphatic carbocycles. The average Bonchev–Trinajstić information content (AvgIpc) is 2.44. The number of rotatable bonds is 7. The number of nitrogens with zero attached hydrogens (tertiary/aromatic N) is 3. The fourth-order valence-electron chi connectivity index (χ4n) is 1.57. The molecule has 0 saturated carbocycles. The average molecular weight is 267 g/mol. The van der Waals surface area contributed by atoms with Crippen molar-refractivity contribution in [1.82, 2.24) is 9.97 Å². The second-order valence-electron chi connectivity index (χ2n) is 4.35. The molecular formula is C13H21N3O3. The van der Waals surface area contributed by atoms with Crippen molar-refractivity contribution in [1.29, 1.82) is 0 Å². The topological polar surface area (TPSA) is 64.5 Å². The number of hydrogen-bond acceptors (Lipinski definition) is 6. The molecule has 19 heavy (non-hydrogen) atoms. The minimum atomic E-state index is -0.245. The van der Waals surface area contributed by atoms with E-state index in [1.54, 1.807) is 24.1 Å². The Labute approximate surface area is 113 Å². The molecule has 0 aliphatic rings. The van der Waals surface area contributed by atoms with Crippen LogP contribution in [0.1, 0.15) is 20.3 Å². The third-order valence-corrected chi connectivity index (χ3v) is 2.56. The lowest BCUT2D eigenvalue weighted by Crippen LogP contribution is -2.30. The highest BCUT2D eigenvalue weighted by Crippen LogP contribution is 2.13. The first-order chi connectivity index (χ1) is 9.08. The second kappa shape index (κ2) is 7.56. The van der Waals surface area contributed by atoms with E-state index in [-0.39, 0.29) is 11.9 Å². The molecule has 1 atom stereocenters. The predicted octanol–water partition coefficient (Wildman–Crippen LogP) is 1.51. The van der Waals surface area contributed by atoms with Gasteiger partial charge >= 0.3 is 5.97 Å². The van der Waals surface area contributed by atoms with Crippen molar-refractivity contribution in [2.45, 2.75) is 20.3 Å². The van der Waals surface area contributed by atoms with Crippen LogP contribution < -0.4 is 9.64 Å². The van der Waals surface area contributed by atoms with Gasteiger partial charge in [0.1, 0.15) is 0 Å². The highest BCUT2D eigenvalue weighted by Gasteiger charge is 2.17. The van der Waals surface area contributed by atoms with Crippen molar-refractivity contribution < 1.29 is 14.3 Å².